The van der Waals surface area contributed by atoms with Crippen molar-refractivity contribution in [1.29, 1.82) is 0 Å². The number of ether oxygens (including phenoxy) is 2. The Balaban J connectivity index is 1.42. The van der Waals surface area contributed by atoms with Crippen molar-refractivity contribution in [2.75, 3.05) is 39.8 Å². The van der Waals surface area contributed by atoms with Gasteiger partial charge in [0.2, 0.25) is 5.91 Å². The minimum Gasteiger partial charge on any atom is -0.465 e. The summed E-state index contributed by atoms with van der Waals surface area (Å²) in [5.74, 6) is 2.65. The molecule has 3 rings (SSSR count). The topological polar surface area (TPSA) is 42.0 Å². The second kappa shape index (κ2) is 11.5. The monoisotopic (exact) mass is 480 g/mol. The van der Waals surface area contributed by atoms with Crippen molar-refractivity contribution in [3.05, 3.63) is 28.2 Å². The first-order valence-electron chi connectivity index (χ1n) is 11.5. The quantitative estimate of drug-likeness (QED) is 0.479. The van der Waals surface area contributed by atoms with Crippen LogP contribution in [0.4, 0.5) is 0 Å². The van der Waals surface area contributed by atoms with E-state index in [-0.39, 0.29) is 6.29 Å². The molecule has 0 aliphatic carbocycles. The van der Waals surface area contributed by atoms with Crippen molar-refractivity contribution in [3.8, 4) is 5.75 Å². The first-order valence-corrected chi connectivity index (χ1v) is 12.3. The molecule has 2 heterocycles. The van der Waals surface area contributed by atoms with Gasteiger partial charge >= 0.3 is 0 Å². The van der Waals surface area contributed by atoms with Gasteiger partial charge in [0.25, 0.3) is 0 Å². The summed E-state index contributed by atoms with van der Waals surface area (Å²) in [6.45, 7) is 9.34. The van der Waals surface area contributed by atoms with E-state index >= 15 is 0 Å². The maximum absolute atomic E-state index is 11.8. The highest BCUT2D eigenvalue weighted by Gasteiger charge is 2.26. The zero-order chi connectivity index (χ0) is 21.5. The molecule has 2 aliphatic rings. The van der Waals surface area contributed by atoms with Gasteiger partial charge in [0.1, 0.15) is 5.75 Å². The number of methoxy groups -OCH3 is 1. The summed E-state index contributed by atoms with van der Waals surface area (Å²) in [6.07, 6.45) is 6.33. The van der Waals surface area contributed by atoms with E-state index in [2.05, 4.69) is 33.0 Å². The van der Waals surface area contributed by atoms with Crippen LogP contribution in [0.2, 0.25) is 0 Å². The second-order valence-electron chi connectivity index (χ2n) is 8.80. The lowest BCUT2D eigenvalue weighted by Crippen LogP contribution is -2.38. The zero-order valence-corrected chi connectivity index (χ0v) is 20.3. The van der Waals surface area contributed by atoms with Crippen LogP contribution in [0.3, 0.4) is 0 Å². The van der Waals surface area contributed by atoms with Crippen molar-refractivity contribution in [2.45, 2.75) is 58.7 Å². The Labute approximate surface area is 190 Å². The summed E-state index contributed by atoms with van der Waals surface area (Å²) in [5.41, 5.74) is 1.32. The molecule has 2 unspecified atom stereocenters. The van der Waals surface area contributed by atoms with Gasteiger partial charge in [0.05, 0.1) is 0 Å². The molecule has 0 radical (unpaired) electrons. The Bertz CT molecular complexity index is 691. The number of halogens is 1. The summed E-state index contributed by atoms with van der Waals surface area (Å²) in [6, 6.07) is 6.21. The number of carbonyl (C=O) groups is 1. The number of nitrogens with zero attached hydrogens (tertiary/aromatic N) is 2. The van der Waals surface area contributed by atoms with Crippen molar-refractivity contribution < 1.29 is 14.3 Å². The predicted molar refractivity (Wildman–Crippen MR) is 124 cm³/mol. The number of benzene rings is 1. The SMILES string of the molecule is CCC(=O)N1CCC(CCN2CCC(Cc3cc(OC(C)OC)ccc3Br)C2)CC1. The molecule has 0 N–H and O–H groups in total. The van der Waals surface area contributed by atoms with Gasteiger partial charge in [-0.05, 0) is 87.7 Å². The number of piperidine rings is 1. The molecular formula is C24H37BrN2O3. The largest absolute Gasteiger partial charge is 0.465 e. The summed E-state index contributed by atoms with van der Waals surface area (Å²) in [5, 5.41) is 0. The number of rotatable bonds is 9. The van der Waals surface area contributed by atoms with Crippen LogP contribution < -0.4 is 4.74 Å². The lowest BCUT2D eigenvalue weighted by molar-refractivity contribution is -0.132. The molecule has 2 fully saturated rings. The zero-order valence-electron chi connectivity index (χ0n) is 18.7. The van der Waals surface area contributed by atoms with Crippen LogP contribution >= 0.6 is 15.9 Å². The number of hydrogen-bond donors (Lipinski definition) is 0. The first kappa shape index (κ1) is 23.6. The van der Waals surface area contributed by atoms with Crippen molar-refractivity contribution >= 4 is 21.8 Å². The second-order valence-corrected chi connectivity index (χ2v) is 9.65. The molecule has 1 aromatic rings. The average Bonchev–Trinajstić information content (AvgIpc) is 3.21. The van der Waals surface area contributed by atoms with Gasteiger partial charge in [-0.25, -0.2) is 0 Å². The first-order chi connectivity index (χ1) is 14.5. The van der Waals surface area contributed by atoms with Crippen LogP contribution in [0.1, 0.15) is 51.5 Å². The molecule has 1 aromatic carbocycles. The Morgan fingerprint density at radius 2 is 1.93 bits per heavy atom. The molecule has 2 atom stereocenters. The van der Waals surface area contributed by atoms with E-state index in [9.17, 15) is 4.79 Å². The van der Waals surface area contributed by atoms with Gasteiger partial charge in [-0.3, -0.25) is 4.79 Å². The summed E-state index contributed by atoms with van der Waals surface area (Å²) >= 11 is 3.71. The lowest BCUT2D eigenvalue weighted by atomic mass is 9.93. The van der Waals surface area contributed by atoms with Crippen molar-refractivity contribution in [3.63, 3.8) is 0 Å². The summed E-state index contributed by atoms with van der Waals surface area (Å²) in [7, 11) is 1.66. The fourth-order valence-corrected chi connectivity index (χ4v) is 5.08. The molecule has 2 saturated heterocycles. The molecule has 5 nitrogen and oxygen atoms in total. The number of hydrogen-bond acceptors (Lipinski definition) is 4. The van der Waals surface area contributed by atoms with Gasteiger partial charge in [0.15, 0.2) is 6.29 Å². The van der Waals surface area contributed by atoms with Gasteiger partial charge in [0, 0.05) is 37.6 Å². The van der Waals surface area contributed by atoms with E-state index in [0.717, 1.165) is 35.7 Å². The van der Waals surface area contributed by atoms with Crippen LogP contribution in [0, 0.1) is 11.8 Å². The highest BCUT2D eigenvalue weighted by molar-refractivity contribution is 9.10. The molecule has 0 spiro atoms. The van der Waals surface area contributed by atoms with E-state index in [1.807, 2.05) is 24.8 Å². The van der Waals surface area contributed by atoms with Gasteiger partial charge in [-0.1, -0.05) is 22.9 Å². The molecule has 30 heavy (non-hydrogen) atoms. The average molecular weight is 481 g/mol. The highest BCUT2D eigenvalue weighted by atomic mass is 79.9. The Kier molecular flexibility index (Phi) is 9.02. The standard InChI is InChI=1S/C24H37BrN2O3/c1-4-24(28)27-13-9-19(10-14-27)7-11-26-12-8-20(17-26)15-21-16-22(5-6-23(21)25)30-18(2)29-3/h5-6,16,18-20H,4,7-15,17H2,1-3H3. The van der Waals surface area contributed by atoms with Gasteiger partial charge in [-0.15, -0.1) is 0 Å². The van der Waals surface area contributed by atoms with E-state index in [1.165, 1.54) is 50.9 Å². The van der Waals surface area contributed by atoms with E-state index in [1.54, 1.807) is 7.11 Å². The van der Waals surface area contributed by atoms with Crippen LogP contribution in [0.5, 0.6) is 5.75 Å². The normalized spacial score (nSPS) is 21.7. The third-order valence-corrected chi connectivity index (χ3v) is 7.43. The number of likely N-dealkylation sites (tertiary alicyclic amines) is 2. The molecule has 168 valence electrons. The van der Waals surface area contributed by atoms with Crippen molar-refractivity contribution in [1.82, 2.24) is 9.80 Å². The van der Waals surface area contributed by atoms with E-state index < -0.39 is 0 Å². The minimum absolute atomic E-state index is 0.243. The van der Waals surface area contributed by atoms with Crippen LogP contribution in [0.15, 0.2) is 22.7 Å². The van der Waals surface area contributed by atoms with Gasteiger partial charge in [-0.2, -0.15) is 0 Å². The maximum atomic E-state index is 11.8. The fourth-order valence-electron chi connectivity index (χ4n) is 4.67. The molecular weight excluding hydrogens is 444 g/mol. The third kappa shape index (κ3) is 6.69. The van der Waals surface area contributed by atoms with E-state index in [0.29, 0.717) is 18.2 Å². The fraction of sp³-hybridized carbons (Fsp3) is 0.708. The highest BCUT2D eigenvalue weighted by Crippen LogP contribution is 2.29. The summed E-state index contributed by atoms with van der Waals surface area (Å²) < 4.78 is 12.2. The van der Waals surface area contributed by atoms with Gasteiger partial charge < -0.3 is 19.3 Å². The Morgan fingerprint density at radius 3 is 2.63 bits per heavy atom. The Morgan fingerprint density at radius 1 is 1.20 bits per heavy atom. The lowest BCUT2D eigenvalue weighted by Gasteiger charge is -2.32. The molecule has 6 heteroatoms. The minimum atomic E-state index is -0.243. The third-order valence-electron chi connectivity index (χ3n) is 6.65. The molecule has 0 aromatic heterocycles. The predicted octanol–water partition coefficient (Wildman–Crippen LogP) is 4.72. The Hall–Kier alpha value is -1.11. The van der Waals surface area contributed by atoms with E-state index in [4.69, 9.17) is 9.47 Å². The summed E-state index contributed by atoms with van der Waals surface area (Å²) in [4.78, 5) is 16.5. The number of amides is 1. The smallest absolute Gasteiger partial charge is 0.222 e. The molecule has 0 bridgehead atoms. The molecule has 1 amide bonds. The van der Waals surface area contributed by atoms with Crippen LogP contribution in [-0.4, -0.2) is 61.8 Å². The maximum Gasteiger partial charge on any atom is 0.222 e. The van der Waals surface area contributed by atoms with Crippen molar-refractivity contribution in [2.24, 2.45) is 11.8 Å². The molecule has 0 saturated carbocycles. The van der Waals surface area contributed by atoms with Crippen LogP contribution in [-0.2, 0) is 16.0 Å². The van der Waals surface area contributed by atoms with Crippen LogP contribution in [0.25, 0.3) is 0 Å². The molecule has 2 aliphatic heterocycles. The number of carbonyl (C=O) groups excluding carboxylic acids is 1.